The number of benzene rings is 2. The molecule has 0 bridgehead atoms. The second-order valence-corrected chi connectivity index (χ2v) is 7.16. The molecule has 0 aliphatic heterocycles. The van der Waals surface area contributed by atoms with E-state index in [1.807, 2.05) is 0 Å². The molecule has 7 heteroatoms. The molecule has 5 nitrogen and oxygen atoms in total. The number of hydrogen-bond acceptors (Lipinski definition) is 3. The first-order chi connectivity index (χ1) is 10.9. The number of amides is 1. The summed E-state index contributed by atoms with van der Waals surface area (Å²) in [7, 11) is -1.41. The molecule has 2 aromatic rings. The minimum Gasteiger partial charge on any atom is -0.478 e. The van der Waals surface area contributed by atoms with E-state index in [2.05, 4.69) is 21.2 Å². The zero-order valence-corrected chi connectivity index (χ0v) is 14.4. The molecule has 2 N–H and O–H groups in total. The molecule has 2 aromatic carbocycles. The van der Waals surface area contributed by atoms with Crippen molar-refractivity contribution in [2.75, 3.05) is 11.1 Å². The molecule has 1 atom stereocenters. The lowest BCUT2D eigenvalue weighted by Crippen LogP contribution is -2.20. The van der Waals surface area contributed by atoms with Crippen LogP contribution in [0.2, 0.25) is 0 Å². The average Bonchev–Trinajstić information content (AvgIpc) is 2.49. The zero-order chi connectivity index (χ0) is 16.8. The minimum atomic E-state index is -1.41. The molecule has 0 radical (unpaired) electrons. The van der Waals surface area contributed by atoms with Gasteiger partial charge in [-0.15, -0.1) is 0 Å². The fraction of sp³-hybridized carbons (Fsp3) is 0.125. The van der Waals surface area contributed by atoms with Gasteiger partial charge in [-0.2, -0.15) is 0 Å². The number of anilines is 1. The summed E-state index contributed by atoms with van der Waals surface area (Å²) < 4.78 is 12.9. The van der Waals surface area contributed by atoms with Crippen LogP contribution >= 0.6 is 15.9 Å². The Morgan fingerprint density at radius 2 is 1.83 bits per heavy atom. The Morgan fingerprint density at radius 3 is 2.48 bits per heavy atom. The van der Waals surface area contributed by atoms with Crippen molar-refractivity contribution < 1.29 is 18.9 Å². The van der Waals surface area contributed by atoms with Crippen LogP contribution < -0.4 is 5.32 Å². The highest BCUT2D eigenvalue weighted by molar-refractivity contribution is 9.10. The van der Waals surface area contributed by atoms with Crippen LogP contribution in [-0.2, 0) is 21.3 Å². The molecule has 0 aromatic heterocycles. The second kappa shape index (κ2) is 8.03. The van der Waals surface area contributed by atoms with Crippen molar-refractivity contribution >= 4 is 44.3 Å². The highest BCUT2D eigenvalue weighted by Crippen LogP contribution is 2.14. The molecule has 23 heavy (non-hydrogen) atoms. The van der Waals surface area contributed by atoms with Crippen LogP contribution in [-0.4, -0.2) is 26.9 Å². The van der Waals surface area contributed by atoms with E-state index >= 15 is 0 Å². The van der Waals surface area contributed by atoms with Crippen molar-refractivity contribution in [3.63, 3.8) is 0 Å². The summed E-state index contributed by atoms with van der Waals surface area (Å²) >= 11 is 3.30. The van der Waals surface area contributed by atoms with E-state index in [0.717, 1.165) is 4.47 Å². The fourth-order valence-electron chi connectivity index (χ4n) is 1.91. The second-order valence-electron chi connectivity index (χ2n) is 4.79. The quantitative estimate of drug-likeness (QED) is 0.786. The summed E-state index contributed by atoms with van der Waals surface area (Å²) in [5.41, 5.74) is 1.39. The monoisotopic (exact) mass is 395 g/mol. The molecule has 0 heterocycles. The molecular weight excluding hydrogens is 382 g/mol. The van der Waals surface area contributed by atoms with Crippen LogP contribution in [0.15, 0.2) is 53.0 Å². The van der Waals surface area contributed by atoms with Crippen LogP contribution in [0.25, 0.3) is 0 Å². The van der Waals surface area contributed by atoms with Gasteiger partial charge in [0.1, 0.15) is 5.75 Å². The van der Waals surface area contributed by atoms with E-state index in [-0.39, 0.29) is 23.0 Å². The van der Waals surface area contributed by atoms with Crippen LogP contribution in [0, 0.1) is 0 Å². The van der Waals surface area contributed by atoms with E-state index in [4.69, 9.17) is 5.11 Å². The lowest BCUT2D eigenvalue weighted by Gasteiger charge is -2.06. The Bertz CT molecular complexity index is 746. The van der Waals surface area contributed by atoms with Crippen molar-refractivity contribution in [3.8, 4) is 0 Å². The number of nitrogens with one attached hydrogen (secondary N) is 1. The summed E-state index contributed by atoms with van der Waals surface area (Å²) in [6.45, 7) is 0. The Labute approximate surface area is 144 Å². The van der Waals surface area contributed by atoms with Gasteiger partial charge in [0, 0.05) is 26.7 Å². The topological polar surface area (TPSA) is 83.5 Å². The molecular formula is C16H14BrNO4S. The predicted molar refractivity (Wildman–Crippen MR) is 92.9 cm³/mol. The van der Waals surface area contributed by atoms with Crippen LogP contribution in [0.4, 0.5) is 5.69 Å². The highest BCUT2D eigenvalue weighted by atomic mass is 79.9. The van der Waals surface area contributed by atoms with Gasteiger partial charge in [0.2, 0.25) is 5.91 Å². The summed E-state index contributed by atoms with van der Waals surface area (Å²) in [6.07, 6.45) is 0. The van der Waals surface area contributed by atoms with Crippen molar-refractivity contribution in [2.45, 2.75) is 5.75 Å². The molecule has 120 valence electrons. The summed E-state index contributed by atoms with van der Waals surface area (Å²) in [5.74, 6) is -1.40. The van der Waals surface area contributed by atoms with Gasteiger partial charge < -0.3 is 10.4 Å². The van der Waals surface area contributed by atoms with Crippen molar-refractivity contribution in [3.05, 3.63) is 64.1 Å². The number of carboxylic acid groups (broad SMARTS) is 1. The lowest BCUT2D eigenvalue weighted by atomic mass is 10.1. The first-order valence-corrected chi connectivity index (χ1v) is 8.95. The van der Waals surface area contributed by atoms with Gasteiger partial charge in [0.25, 0.3) is 0 Å². The van der Waals surface area contributed by atoms with Crippen LogP contribution in [0.1, 0.15) is 15.9 Å². The normalized spacial score (nSPS) is 11.7. The maximum absolute atomic E-state index is 12.0. The molecule has 1 unspecified atom stereocenters. The zero-order valence-electron chi connectivity index (χ0n) is 12.0. The molecule has 0 aliphatic carbocycles. The molecule has 0 aliphatic rings. The standard InChI is InChI=1S/C16H14BrNO4S/c17-13-4-6-14(7-5-13)18-15(19)10-23(22)9-11-2-1-3-12(8-11)16(20)21/h1-8H,9-10H2,(H,18,19)(H,20,21). The van der Waals surface area contributed by atoms with Crippen molar-refractivity contribution in [1.82, 2.24) is 0 Å². The maximum Gasteiger partial charge on any atom is 0.335 e. The fourth-order valence-corrected chi connectivity index (χ4v) is 3.19. The number of rotatable bonds is 6. The molecule has 0 saturated heterocycles. The largest absolute Gasteiger partial charge is 0.478 e. The highest BCUT2D eigenvalue weighted by Gasteiger charge is 2.11. The Hall–Kier alpha value is -1.99. The van der Waals surface area contributed by atoms with Gasteiger partial charge >= 0.3 is 5.97 Å². The average molecular weight is 396 g/mol. The molecule has 0 spiro atoms. The van der Waals surface area contributed by atoms with E-state index in [1.165, 1.54) is 12.1 Å². The SMILES string of the molecule is O=C(CS(=O)Cc1cccc(C(=O)O)c1)Nc1ccc(Br)cc1. The van der Waals surface area contributed by atoms with Gasteiger partial charge in [0.05, 0.1) is 5.56 Å². The van der Waals surface area contributed by atoms with Gasteiger partial charge in [-0.25, -0.2) is 4.79 Å². The first-order valence-electron chi connectivity index (χ1n) is 6.66. The maximum atomic E-state index is 12.0. The number of aromatic carboxylic acids is 1. The summed E-state index contributed by atoms with van der Waals surface area (Å²) in [6, 6.07) is 13.3. The van der Waals surface area contributed by atoms with Crippen LogP contribution in [0.5, 0.6) is 0 Å². The number of carboxylic acids is 1. The Balaban J connectivity index is 1.91. The lowest BCUT2D eigenvalue weighted by molar-refractivity contribution is -0.113. The van der Waals surface area contributed by atoms with E-state index in [1.54, 1.807) is 36.4 Å². The molecule has 2 rings (SSSR count). The van der Waals surface area contributed by atoms with E-state index < -0.39 is 16.8 Å². The van der Waals surface area contributed by atoms with Gasteiger partial charge in [-0.3, -0.25) is 9.00 Å². The smallest absolute Gasteiger partial charge is 0.335 e. The van der Waals surface area contributed by atoms with E-state index in [0.29, 0.717) is 11.3 Å². The number of hydrogen-bond donors (Lipinski definition) is 2. The van der Waals surface area contributed by atoms with Crippen LogP contribution in [0.3, 0.4) is 0 Å². The van der Waals surface area contributed by atoms with Crippen molar-refractivity contribution in [2.24, 2.45) is 0 Å². The molecule has 1 amide bonds. The van der Waals surface area contributed by atoms with Gasteiger partial charge in [-0.1, -0.05) is 28.1 Å². The number of halogens is 1. The first kappa shape index (κ1) is 17.4. The molecule has 0 saturated carbocycles. The third-order valence-corrected chi connectivity index (χ3v) is 4.69. The Kier molecular flexibility index (Phi) is 6.06. The number of carbonyl (C=O) groups is 2. The van der Waals surface area contributed by atoms with Gasteiger partial charge in [-0.05, 0) is 42.0 Å². The number of carbonyl (C=O) groups excluding carboxylic acids is 1. The van der Waals surface area contributed by atoms with Gasteiger partial charge in [0.15, 0.2) is 0 Å². The third-order valence-electron chi connectivity index (χ3n) is 2.92. The third kappa shape index (κ3) is 5.61. The van der Waals surface area contributed by atoms with Crippen molar-refractivity contribution in [1.29, 1.82) is 0 Å². The predicted octanol–water partition coefficient (Wildman–Crippen LogP) is 3.03. The van der Waals surface area contributed by atoms with E-state index in [9.17, 15) is 13.8 Å². The minimum absolute atomic E-state index is 0.134. The summed E-state index contributed by atoms with van der Waals surface area (Å²) in [4.78, 5) is 22.8. The molecule has 0 fully saturated rings. The Morgan fingerprint density at radius 1 is 1.13 bits per heavy atom. The summed E-state index contributed by atoms with van der Waals surface area (Å²) in [5, 5.41) is 11.6.